The molecule has 0 radical (unpaired) electrons. The van der Waals surface area contributed by atoms with E-state index >= 15 is 0 Å². The van der Waals surface area contributed by atoms with Crippen LogP contribution in [0.25, 0.3) is 11.3 Å². The van der Waals surface area contributed by atoms with Gasteiger partial charge in [0.25, 0.3) is 0 Å². The molecule has 0 aliphatic rings. The number of aromatic nitrogens is 1. The highest BCUT2D eigenvalue weighted by atomic mass is 32.1. The van der Waals surface area contributed by atoms with Crippen LogP contribution in [-0.4, -0.2) is 10.9 Å². The van der Waals surface area contributed by atoms with E-state index in [2.05, 4.69) is 43.2 Å². The van der Waals surface area contributed by atoms with Crippen LogP contribution >= 0.6 is 11.3 Å². The van der Waals surface area contributed by atoms with Crippen molar-refractivity contribution in [3.63, 3.8) is 0 Å². The Bertz CT molecular complexity index is 608. The standard InChI is InChI=1S/C16H20N2OS/c1-5-6-14(19)18-16-17-13(9-20-16)15-11(3)7-10(2)8-12(15)4/h7-9H,5-6H2,1-4H3,(H,17,18,19). The molecule has 106 valence electrons. The third-order valence-corrected chi connectivity index (χ3v) is 3.92. The van der Waals surface area contributed by atoms with E-state index in [4.69, 9.17) is 0 Å². The third kappa shape index (κ3) is 3.25. The molecule has 0 spiro atoms. The number of carbonyl (C=O) groups excluding carboxylic acids is 1. The molecule has 3 nitrogen and oxygen atoms in total. The lowest BCUT2D eigenvalue weighted by Crippen LogP contribution is -2.10. The highest BCUT2D eigenvalue weighted by molar-refractivity contribution is 7.14. The maximum Gasteiger partial charge on any atom is 0.226 e. The topological polar surface area (TPSA) is 42.0 Å². The highest BCUT2D eigenvalue weighted by Crippen LogP contribution is 2.31. The number of benzene rings is 1. The van der Waals surface area contributed by atoms with E-state index in [1.807, 2.05) is 12.3 Å². The monoisotopic (exact) mass is 288 g/mol. The van der Waals surface area contributed by atoms with Crippen LogP contribution in [0.15, 0.2) is 17.5 Å². The van der Waals surface area contributed by atoms with Gasteiger partial charge in [0.1, 0.15) is 0 Å². The average Bonchev–Trinajstić information content (AvgIpc) is 2.76. The summed E-state index contributed by atoms with van der Waals surface area (Å²) in [5, 5.41) is 5.54. The molecule has 0 fully saturated rings. The van der Waals surface area contributed by atoms with Gasteiger partial charge in [-0.3, -0.25) is 4.79 Å². The molecule has 20 heavy (non-hydrogen) atoms. The molecule has 1 amide bonds. The quantitative estimate of drug-likeness (QED) is 0.901. The lowest BCUT2D eigenvalue weighted by molar-refractivity contribution is -0.116. The first kappa shape index (κ1) is 14.7. The Labute approximate surface area is 124 Å². The molecule has 0 saturated heterocycles. The Morgan fingerprint density at radius 3 is 2.50 bits per heavy atom. The Hall–Kier alpha value is -1.68. The zero-order valence-corrected chi connectivity index (χ0v) is 13.2. The van der Waals surface area contributed by atoms with Crippen LogP contribution in [-0.2, 0) is 4.79 Å². The minimum atomic E-state index is 0.0331. The lowest BCUT2D eigenvalue weighted by Gasteiger charge is -2.08. The van der Waals surface area contributed by atoms with E-state index in [9.17, 15) is 4.79 Å². The number of nitrogens with one attached hydrogen (secondary N) is 1. The summed E-state index contributed by atoms with van der Waals surface area (Å²) in [6.45, 7) is 8.29. The molecule has 1 aromatic heterocycles. The van der Waals surface area contributed by atoms with E-state index in [0.717, 1.165) is 12.1 Å². The van der Waals surface area contributed by atoms with Crippen LogP contribution in [0.1, 0.15) is 36.5 Å². The van der Waals surface area contributed by atoms with E-state index in [-0.39, 0.29) is 5.91 Å². The number of carbonyl (C=O) groups is 1. The lowest BCUT2D eigenvalue weighted by atomic mass is 9.98. The molecular formula is C16H20N2OS. The van der Waals surface area contributed by atoms with Gasteiger partial charge in [-0.2, -0.15) is 0 Å². The van der Waals surface area contributed by atoms with Crippen molar-refractivity contribution in [3.05, 3.63) is 34.2 Å². The smallest absolute Gasteiger partial charge is 0.226 e. The minimum absolute atomic E-state index is 0.0331. The Morgan fingerprint density at radius 2 is 1.90 bits per heavy atom. The van der Waals surface area contributed by atoms with Crippen LogP contribution in [0.5, 0.6) is 0 Å². The van der Waals surface area contributed by atoms with Crippen LogP contribution in [0.3, 0.4) is 0 Å². The van der Waals surface area contributed by atoms with Gasteiger partial charge >= 0.3 is 0 Å². The molecule has 2 aromatic rings. The number of aryl methyl sites for hydroxylation is 3. The van der Waals surface area contributed by atoms with Gasteiger partial charge < -0.3 is 5.32 Å². The van der Waals surface area contributed by atoms with Crippen molar-refractivity contribution in [2.75, 3.05) is 5.32 Å². The Morgan fingerprint density at radius 1 is 1.25 bits per heavy atom. The number of amides is 1. The van der Waals surface area contributed by atoms with Crippen LogP contribution in [0.2, 0.25) is 0 Å². The van der Waals surface area contributed by atoms with Crippen molar-refractivity contribution >= 4 is 22.4 Å². The highest BCUT2D eigenvalue weighted by Gasteiger charge is 2.11. The molecule has 4 heteroatoms. The van der Waals surface area contributed by atoms with Crippen molar-refractivity contribution in [1.29, 1.82) is 0 Å². The second-order valence-corrected chi connectivity index (χ2v) is 5.97. The fraction of sp³-hybridized carbons (Fsp3) is 0.375. The zero-order valence-electron chi connectivity index (χ0n) is 12.4. The van der Waals surface area contributed by atoms with E-state index in [1.165, 1.54) is 33.6 Å². The molecule has 0 bridgehead atoms. The van der Waals surface area contributed by atoms with Gasteiger partial charge in [-0.1, -0.05) is 24.6 Å². The van der Waals surface area contributed by atoms with E-state index in [1.54, 1.807) is 0 Å². The molecule has 0 saturated carbocycles. The van der Waals surface area contributed by atoms with Crippen molar-refractivity contribution in [1.82, 2.24) is 4.98 Å². The molecule has 0 atom stereocenters. The van der Waals surface area contributed by atoms with Crippen LogP contribution in [0.4, 0.5) is 5.13 Å². The van der Waals surface area contributed by atoms with Gasteiger partial charge in [-0.05, 0) is 38.3 Å². The molecule has 1 heterocycles. The number of hydrogen-bond donors (Lipinski definition) is 1. The molecule has 1 N–H and O–H groups in total. The molecule has 2 rings (SSSR count). The first-order valence-corrected chi connectivity index (χ1v) is 7.72. The van der Waals surface area contributed by atoms with Crippen LogP contribution < -0.4 is 5.32 Å². The zero-order chi connectivity index (χ0) is 14.7. The number of anilines is 1. The normalized spacial score (nSPS) is 10.6. The van der Waals surface area contributed by atoms with Crippen molar-refractivity contribution < 1.29 is 4.79 Å². The Balaban J connectivity index is 2.27. The summed E-state index contributed by atoms with van der Waals surface area (Å²) in [7, 11) is 0. The van der Waals surface area contributed by atoms with Gasteiger partial charge in [0, 0.05) is 17.4 Å². The number of thiazole rings is 1. The predicted octanol–water partition coefficient (Wildman–Crippen LogP) is 4.47. The van der Waals surface area contributed by atoms with Crippen molar-refractivity contribution in [2.24, 2.45) is 0 Å². The van der Waals surface area contributed by atoms with Crippen molar-refractivity contribution in [3.8, 4) is 11.3 Å². The average molecular weight is 288 g/mol. The summed E-state index contributed by atoms with van der Waals surface area (Å²) in [4.78, 5) is 16.1. The van der Waals surface area contributed by atoms with Gasteiger partial charge in [-0.25, -0.2) is 4.98 Å². The molecule has 0 aliphatic heterocycles. The molecule has 0 aliphatic carbocycles. The maximum atomic E-state index is 11.6. The largest absolute Gasteiger partial charge is 0.302 e. The summed E-state index contributed by atoms with van der Waals surface area (Å²) in [6.07, 6.45) is 1.39. The molecule has 0 unspecified atom stereocenters. The number of rotatable bonds is 4. The number of hydrogen-bond acceptors (Lipinski definition) is 3. The molecular weight excluding hydrogens is 268 g/mol. The summed E-state index contributed by atoms with van der Waals surface area (Å²) < 4.78 is 0. The van der Waals surface area contributed by atoms with Crippen LogP contribution in [0, 0.1) is 20.8 Å². The van der Waals surface area contributed by atoms with Gasteiger partial charge in [0.05, 0.1) is 5.69 Å². The fourth-order valence-corrected chi connectivity index (χ4v) is 3.16. The number of nitrogens with zero attached hydrogens (tertiary/aromatic N) is 1. The minimum Gasteiger partial charge on any atom is -0.302 e. The van der Waals surface area contributed by atoms with Crippen molar-refractivity contribution in [2.45, 2.75) is 40.5 Å². The summed E-state index contributed by atoms with van der Waals surface area (Å²) in [5.74, 6) is 0.0331. The van der Waals surface area contributed by atoms with E-state index < -0.39 is 0 Å². The first-order chi connectivity index (χ1) is 9.51. The SMILES string of the molecule is CCCC(=O)Nc1nc(-c2c(C)cc(C)cc2C)cs1. The molecule has 1 aromatic carbocycles. The Kier molecular flexibility index (Phi) is 4.55. The third-order valence-electron chi connectivity index (χ3n) is 3.16. The van der Waals surface area contributed by atoms with Gasteiger partial charge in [0.15, 0.2) is 5.13 Å². The summed E-state index contributed by atoms with van der Waals surface area (Å²) >= 11 is 1.48. The summed E-state index contributed by atoms with van der Waals surface area (Å²) in [6, 6.07) is 4.33. The fourth-order valence-electron chi connectivity index (χ4n) is 2.44. The predicted molar refractivity (Wildman–Crippen MR) is 85.3 cm³/mol. The second kappa shape index (κ2) is 6.18. The van der Waals surface area contributed by atoms with E-state index in [0.29, 0.717) is 11.6 Å². The summed E-state index contributed by atoms with van der Waals surface area (Å²) in [5.41, 5.74) is 5.81. The second-order valence-electron chi connectivity index (χ2n) is 5.11. The van der Waals surface area contributed by atoms with Gasteiger partial charge in [-0.15, -0.1) is 11.3 Å². The maximum absolute atomic E-state index is 11.6. The first-order valence-electron chi connectivity index (χ1n) is 6.85. The van der Waals surface area contributed by atoms with Gasteiger partial charge in [0.2, 0.25) is 5.91 Å².